The van der Waals surface area contributed by atoms with Gasteiger partial charge in [0.25, 0.3) is 0 Å². The molecule has 1 N–H and O–H groups in total. The molecule has 0 radical (unpaired) electrons. The number of hydrogen-bond acceptors (Lipinski definition) is 5. The van der Waals surface area contributed by atoms with E-state index in [2.05, 4.69) is 15.5 Å². The van der Waals surface area contributed by atoms with Crippen molar-refractivity contribution in [3.63, 3.8) is 0 Å². The Kier molecular flexibility index (Phi) is 5.50. The molecule has 3 rings (SSSR count). The summed E-state index contributed by atoms with van der Waals surface area (Å²) in [7, 11) is 0. The van der Waals surface area contributed by atoms with Crippen molar-refractivity contribution in [3.8, 4) is 11.4 Å². The van der Waals surface area contributed by atoms with Crippen LogP contribution in [0.1, 0.15) is 17.0 Å². The fraction of sp³-hybridized carbons (Fsp3) is 0.211. The van der Waals surface area contributed by atoms with Crippen molar-refractivity contribution in [1.82, 2.24) is 15.5 Å². The summed E-state index contributed by atoms with van der Waals surface area (Å²) < 4.78 is 5.20. The highest BCUT2D eigenvalue weighted by atomic mass is 32.2. The number of carbonyl (C=O) groups is 1. The Morgan fingerprint density at radius 1 is 1.12 bits per heavy atom. The summed E-state index contributed by atoms with van der Waals surface area (Å²) in [5, 5.41) is 6.77. The molecule has 0 saturated carbocycles. The molecule has 1 heterocycles. The number of aryl methyl sites for hydroxylation is 2. The van der Waals surface area contributed by atoms with Crippen LogP contribution in [-0.2, 0) is 11.3 Å². The highest BCUT2D eigenvalue weighted by Gasteiger charge is 2.10. The maximum absolute atomic E-state index is 12.0. The number of rotatable bonds is 6. The van der Waals surface area contributed by atoms with Crippen LogP contribution in [0.2, 0.25) is 0 Å². The van der Waals surface area contributed by atoms with Crippen molar-refractivity contribution in [2.75, 3.05) is 5.75 Å². The van der Waals surface area contributed by atoms with Gasteiger partial charge in [0, 0.05) is 10.5 Å². The zero-order valence-electron chi connectivity index (χ0n) is 14.2. The van der Waals surface area contributed by atoms with E-state index in [0.717, 1.165) is 16.0 Å². The van der Waals surface area contributed by atoms with E-state index >= 15 is 0 Å². The molecule has 25 heavy (non-hydrogen) atoms. The Labute approximate surface area is 150 Å². The molecule has 0 spiro atoms. The van der Waals surface area contributed by atoms with Crippen molar-refractivity contribution in [2.45, 2.75) is 25.3 Å². The van der Waals surface area contributed by atoms with Gasteiger partial charge in [-0.3, -0.25) is 4.79 Å². The van der Waals surface area contributed by atoms with Gasteiger partial charge in [0.05, 0.1) is 12.3 Å². The van der Waals surface area contributed by atoms with Crippen LogP contribution in [0.5, 0.6) is 0 Å². The number of aromatic nitrogens is 2. The Morgan fingerprint density at radius 3 is 2.68 bits per heavy atom. The van der Waals surface area contributed by atoms with Gasteiger partial charge in [-0.15, -0.1) is 11.8 Å². The van der Waals surface area contributed by atoms with Crippen molar-refractivity contribution < 1.29 is 9.32 Å². The highest BCUT2D eigenvalue weighted by molar-refractivity contribution is 8.00. The minimum atomic E-state index is -0.0686. The van der Waals surface area contributed by atoms with Crippen LogP contribution in [-0.4, -0.2) is 21.8 Å². The Balaban J connectivity index is 1.50. The van der Waals surface area contributed by atoms with Gasteiger partial charge in [-0.05, 0) is 32.0 Å². The largest absolute Gasteiger partial charge is 0.346 e. The number of hydrogen-bond donors (Lipinski definition) is 1. The zero-order valence-corrected chi connectivity index (χ0v) is 15.0. The Bertz CT molecular complexity index is 859. The van der Waals surface area contributed by atoms with Gasteiger partial charge < -0.3 is 9.84 Å². The molecule has 0 bridgehead atoms. The first-order valence-electron chi connectivity index (χ1n) is 7.96. The lowest BCUT2D eigenvalue weighted by atomic mass is 10.1. The van der Waals surface area contributed by atoms with E-state index in [4.69, 9.17) is 4.52 Å². The standard InChI is InChI=1S/C19H19N3O2S/c1-13-6-8-16(9-7-13)25-12-17(23)20-11-18-21-19(22-24-18)15-5-3-4-14(2)10-15/h3-10H,11-12H2,1-2H3,(H,20,23). The Hall–Kier alpha value is -2.60. The third-order valence-corrected chi connectivity index (χ3v) is 4.58. The monoisotopic (exact) mass is 353 g/mol. The molecule has 1 amide bonds. The lowest BCUT2D eigenvalue weighted by molar-refractivity contribution is -0.118. The van der Waals surface area contributed by atoms with Gasteiger partial charge in [0.2, 0.25) is 17.6 Å². The number of benzene rings is 2. The average Bonchev–Trinajstić information content (AvgIpc) is 3.08. The van der Waals surface area contributed by atoms with Crippen LogP contribution in [0.4, 0.5) is 0 Å². The number of nitrogens with zero attached hydrogens (tertiary/aromatic N) is 2. The van der Waals surface area contributed by atoms with Crippen molar-refractivity contribution in [3.05, 3.63) is 65.5 Å². The third-order valence-electron chi connectivity index (χ3n) is 3.57. The average molecular weight is 353 g/mol. The molecular formula is C19H19N3O2S. The molecule has 0 atom stereocenters. The quantitative estimate of drug-likeness (QED) is 0.683. The van der Waals surface area contributed by atoms with Gasteiger partial charge in [-0.2, -0.15) is 4.98 Å². The second-order valence-electron chi connectivity index (χ2n) is 5.76. The third kappa shape index (κ3) is 4.93. The lowest BCUT2D eigenvalue weighted by Crippen LogP contribution is -2.24. The van der Waals surface area contributed by atoms with E-state index in [1.54, 1.807) is 0 Å². The fourth-order valence-electron chi connectivity index (χ4n) is 2.24. The van der Waals surface area contributed by atoms with E-state index in [1.165, 1.54) is 17.3 Å². The van der Waals surface area contributed by atoms with Gasteiger partial charge >= 0.3 is 0 Å². The first-order valence-corrected chi connectivity index (χ1v) is 8.94. The topological polar surface area (TPSA) is 68.0 Å². The molecule has 0 aliphatic carbocycles. The minimum Gasteiger partial charge on any atom is -0.346 e. The normalized spacial score (nSPS) is 10.6. The predicted octanol–water partition coefficient (Wildman–Crippen LogP) is 3.76. The Morgan fingerprint density at radius 2 is 1.92 bits per heavy atom. The molecule has 1 aromatic heterocycles. The summed E-state index contributed by atoms with van der Waals surface area (Å²) in [4.78, 5) is 17.3. The predicted molar refractivity (Wildman–Crippen MR) is 98.2 cm³/mol. The summed E-state index contributed by atoms with van der Waals surface area (Å²) in [6.45, 7) is 4.28. The molecule has 0 saturated heterocycles. The smallest absolute Gasteiger partial charge is 0.246 e. The SMILES string of the molecule is Cc1ccc(SCC(=O)NCc2nc(-c3cccc(C)c3)no2)cc1. The summed E-state index contributed by atoms with van der Waals surface area (Å²) in [5.41, 5.74) is 3.23. The summed E-state index contributed by atoms with van der Waals surface area (Å²) in [5.74, 6) is 1.20. The lowest BCUT2D eigenvalue weighted by Gasteiger charge is -2.03. The minimum absolute atomic E-state index is 0.0686. The molecule has 0 aliphatic heterocycles. The van der Waals surface area contributed by atoms with Crippen LogP contribution >= 0.6 is 11.8 Å². The second kappa shape index (κ2) is 7.98. The van der Waals surface area contributed by atoms with Crippen LogP contribution in [0, 0.1) is 13.8 Å². The van der Waals surface area contributed by atoms with E-state index in [0.29, 0.717) is 17.5 Å². The van der Waals surface area contributed by atoms with Crippen LogP contribution in [0.15, 0.2) is 57.9 Å². The van der Waals surface area contributed by atoms with Gasteiger partial charge in [0.1, 0.15) is 0 Å². The molecule has 5 nitrogen and oxygen atoms in total. The first-order chi connectivity index (χ1) is 12.1. The van der Waals surface area contributed by atoms with Gasteiger partial charge in [0.15, 0.2) is 0 Å². The van der Waals surface area contributed by atoms with E-state index in [-0.39, 0.29) is 12.5 Å². The molecule has 6 heteroatoms. The van der Waals surface area contributed by atoms with Crippen LogP contribution < -0.4 is 5.32 Å². The van der Waals surface area contributed by atoms with Gasteiger partial charge in [-0.1, -0.05) is 46.6 Å². The summed E-state index contributed by atoms with van der Waals surface area (Å²) in [6, 6.07) is 16.0. The molecule has 0 aliphatic rings. The number of carbonyl (C=O) groups excluding carboxylic acids is 1. The summed E-state index contributed by atoms with van der Waals surface area (Å²) >= 11 is 1.50. The number of thioether (sulfide) groups is 1. The van der Waals surface area contributed by atoms with E-state index < -0.39 is 0 Å². The molecule has 128 valence electrons. The number of nitrogens with one attached hydrogen (secondary N) is 1. The molecule has 0 fully saturated rings. The summed E-state index contributed by atoms with van der Waals surface area (Å²) in [6.07, 6.45) is 0. The molecular weight excluding hydrogens is 334 g/mol. The number of amides is 1. The van der Waals surface area contributed by atoms with Crippen molar-refractivity contribution >= 4 is 17.7 Å². The molecule has 2 aromatic carbocycles. The highest BCUT2D eigenvalue weighted by Crippen LogP contribution is 2.18. The van der Waals surface area contributed by atoms with Crippen molar-refractivity contribution in [1.29, 1.82) is 0 Å². The maximum Gasteiger partial charge on any atom is 0.246 e. The second-order valence-corrected chi connectivity index (χ2v) is 6.81. The van der Waals surface area contributed by atoms with Gasteiger partial charge in [-0.25, -0.2) is 0 Å². The van der Waals surface area contributed by atoms with Crippen molar-refractivity contribution in [2.24, 2.45) is 0 Å². The fourth-order valence-corrected chi connectivity index (χ4v) is 2.97. The van der Waals surface area contributed by atoms with Crippen LogP contribution in [0.3, 0.4) is 0 Å². The van der Waals surface area contributed by atoms with E-state index in [1.807, 2.05) is 62.4 Å². The first kappa shape index (κ1) is 17.2. The maximum atomic E-state index is 12.0. The van der Waals surface area contributed by atoms with Crippen LogP contribution in [0.25, 0.3) is 11.4 Å². The zero-order chi connectivity index (χ0) is 17.6. The molecule has 3 aromatic rings. The molecule has 0 unspecified atom stereocenters. The van der Waals surface area contributed by atoms with E-state index in [9.17, 15) is 4.79 Å².